The van der Waals surface area contributed by atoms with E-state index in [-0.39, 0.29) is 0 Å². The number of hydrogen-bond acceptors (Lipinski definition) is 2. The van der Waals surface area contributed by atoms with Crippen LogP contribution in [0.3, 0.4) is 0 Å². The van der Waals surface area contributed by atoms with Crippen LogP contribution in [0, 0.1) is 0 Å². The van der Waals surface area contributed by atoms with Crippen LogP contribution in [0.5, 0.6) is 0 Å². The van der Waals surface area contributed by atoms with Gasteiger partial charge in [-0.25, -0.2) is 4.98 Å². The van der Waals surface area contributed by atoms with Crippen LogP contribution in [0.2, 0.25) is 0 Å². The number of hydrogen-bond donors (Lipinski definition) is 1. The fraction of sp³-hybridized carbons (Fsp3) is 0.812. The molecule has 0 radical (unpaired) electrons. The van der Waals surface area contributed by atoms with Gasteiger partial charge in [-0.1, -0.05) is 39.0 Å². The highest BCUT2D eigenvalue weighted by molar-refractivity contribution is 5.08. The normalized spacial score (nSPS) is 19.7. The van der Waals surface area contributed by atoms with Crippen molar-refractivity contribution >= 4 is 0 Å². The Labute approximate surface area is 117 Å². The average molecular weight is 263 g/mol. The maximum absolute atomic E-state index is 4.36. The Morgan fingerprint density at radius 2 is 2.11 bits per heavy atom. The Bertz CT molecular complexity index is 340. The first kappa shape index (κ1) is 14.6. The summed E-state index contributed by atoms with van der Waals surface area (Å²) in [5.41, 5.74) is 1.45. The summed E-state index contributed by atoms with van der Waals surface area (Å²) in [5, 5.41) is 3.50. The van der Waals surface area contributed by atoms with E-state index in [0.29, 0.717) is 5.92 Å². The van der Waals surface area contributed by atoms with Crippen molar-refractivity contribution in [1.82, 2.24) is 14.9 Å². The monoisotopic (exact) mass is 263 g/mol. The number of piperidine rings is 1. The second-order valence-electron chi connectivity index (χ2n) is 5.82. The molecule has 108 valence electrons. The third kappa shape index (κ3) is 4.64. The molecule has 1 aromatic rings. The summed E-state index contributed by atoms with van der Waals surface area (Å²) >= 11 is 0. The van der Waals surface area contributed by atoms with Gasteiger partial charge in [0.2, 0.25) is 0 Å². The van der Waals surface area contributed by atoms with E-state index in [0.717, 1.165) is 13.1 Å². The van der Waals surface area contributed by atoms with Gasteiger partial charge in [-0.2, -0.15) is 0 Å². The topological polar surface area (TPSA) is 29.9 Å². The lowest BCUT2D eigenvalue weighted by molar-refractivity contribution is 0.436. The van der Waals surface area contributed by atoms with Crippen molar-refractivity contribution in [3.05, 3.63) is 18.2 Å². The molecule has 1 atom stereocenters. The molecule has 3 nitrogen and oxygen atoms in total. The highest BCUT2D eigenvalue weighted by atomic mass is 15.1. The highest BCUT2D eigenvalue weighted by Crippen LogP contribution is 2.23. The molecular formula is C16H29N3. The third-order valence-electron chi connectivity index (χ3n) is 4.21. The van der Waals surface area contributed by atoms with Crippen molar-refractivity contribution in [3.63, 3.8) is 0 Å². The molecule has 0 amide bonds. The molecule has 3 heteroatoms. The fourth-order valence-corrected chi connectivity index (χ4v) is 3.02. The molecule has 2 rings (SSSR count). The molecule has 1 fully saturated rings. The van der Waals surface area contributed by atoms with Crippen molar-refractivity contribution in [2.24, 2.45) is 0 Å². The largest absolute Gasteiger partial charge is 0.334 e. The van der Waals surface area contributed by atoms with Crippen LogP contribution < -0.4 is 5.32 Å². The molecule has 1 N–H and O–H groups in total. The van der Waals surface area contributed by atoms with Gasteiger partial charge in [0.05, 0.1) is 6.33 Å². The molecule has 1 saturated heterocycles. The molecule has 0 spiro atoms. The van der Waals surface area contributed by atoms with Gasteiger partial charge in [-0.05, 0) is 25.8 Å². The Hall–Kier alpha value is -0.830. The van der Waals surface area contributed by atoms with Gasteiger partial charge in [0.15, 0.2) is 0 Å². The average Bonchev–Trinajstić information content (AvgIpc) is 2.92. The third-order valence-corrected chi connectivity index (χ3v) is 4.21. The Morgan fingerprint density at radius 3 is 2.89 bits per heavy atom. The molecule has 2 heterocycles. The molecule has 0 saturated carbocycles. The molecule has 19 heavy (non-hydrogen) atoms. The summed E-state index contributed by atoms with van der Waals surface area (Å²) in [5.74, 6) is 0.677. The smallest absolute Gasteiger partial charge is 0.0948 e. The molecule has 1 unspecified atom stereocenters. The second kappa shape index (κ2) is 8.36. The van der Waals surface area contributed by atoms with Crippen LogP contribution in [0.15, 0.2) is 12.5 Å². The number of aryl methyl sites for hydroxylation is 1. The van der Waals surface area contributed by atoms with E-state index in [4.69, 9.17) is 0 Å². The predicted molar refractivity (Wildman–Crippen MR) is 80.4 cm³/mol. The zero-order valence-electron chi connectivity index (χ0n) is 12.4. The number of unbranched alkanes of at least 4 members (excludes halogenated alkanes) is 5. The van der Waals surface area contributed by atoms with Crippen molar-refractivity contribution in [2.75, 3.05) is 13.1 Å². The summed E-state index contributed by atoms with van der Waals surface area (Å²) in [6, 6.07) is 0. The van der Waals surface area contributed by atoms with Gasteiger partial charge in [-0.3, -0.25) is 0 Å². The summed E-state index contributed by atoms with van der Waals surface area (Å²) in [7, 11) is 0. The fourth-order valence-electron chi connectivity index (χ4n) is 3.02. The highest BCUT2D eigenvalue weighted by Gasteiger charge is 2.18. The zero-order valence-corrected chi connectivity index (χ0v) is 12.4. The molecule has 1 aliphatic rings. The zero-order chi connectivity index (χ0) is 13.3. The van der Waals surface area contributed by atoms with Crippen LogP contribution in [-0.2, 0) is 6.54 Å². The molecule has 0 aliphatic carbocycles. The minimum atomic E-state index is 0.677. The number of imidazole rings is 1. The van der Waals surface area contributed by atoms with E-state index < -0.39 is 0 Å². The summed E-state index contributed by atoms with van der Waals surface area (Å²) in [4.78, 5) is 4.36. The van der Waals surface area contributed by atoms with Crippen LogP contribution in [0.25, 0.3) is 0 Å². The quantitative estimate of drug-likeness (QED) is 0.725. The molecule has 0 aromatic carbocycles. The summed E-state index contributed by atoms with van der Waals surface area (Å²) in [6.45, 7) is 5.73. The number of rotatable bonds is 8. The standard InChI is InChI=1S/C16H29N3/c1-2-3-4-5-6-7-11-19-14-18-13-16(19)15-9-8-10-17-12-15/h13-15,17H,2-12H2,1H3. The van der Waals surface area contributed by atoms with Crippen LogP contribution >= 0.6 is 0 Å². The number of nitrogens with zero attached hydrogens (tertiary/aromatic N) is 2. The molecular weight excluding hydrogens is 234 g/mol. The molecule has 0 bridgehead atoms. The minimum Gasteiger partial charge on any atom is -0.334 e. The van der Waals surface area contributed by atoms with Gasteiger partial charge in [0.25, 0.3) is 0 Å². The van der Waals surface area contributed by atoms with E-state index in [1.165, 1.54) is 63.6 Å². The molecule has 1 aliphatic heterocycles. The van der Waals surface area contributed by atoms with E-state index in [9.17, 15) is 0 Å². The van der Waals surface area contributed by atoms with Gasteiger partial charge in [0.1, 0.15) is 0 Å². The van der Waals surface area contributed by atoms with E-state index in [2.05, 4.69) is 28.0 Å². The van der Waals surface area contributed by atoms with Crippen LogP contribution in [0.4, 0.5) is 0 Å². The van der Waals surface area contributed by atoms with Crippen molar-refractivity contribution in [2.45, 2.75) is 70.8 Å². The van der Waals surface area contributed by atoms with Crippen molar-refractivity contribution < 1.29 is 0 Å². The first-order chi connectivity index (χ1) is 9.42. The Morgan fingerprint density at radius 1 is 1.26 bits per heavy atom. The van der Waals surface area contributed by atoms with Gasteiger partial charge >= 0.3 is 0 Å². The predicted octanol–water partition coefficient (Wildman–Crippen LogP) is 3.71. The number of nitrogens with one attached hydrogen (secondary N) is 1. The minimum absolute atomic E-state index is 0.677. The lowest BCUT2D eigenvalue weighted by atomic mass is 9.96. The van der Waals surface area contributed by atoms with Crippen LogP contribution in [0.1, 0.15) is 69.9 Å². The maximum atomic E-state index is 4.36. The van der Waals surface area contributed by atoms with Gasteiger partial charge in [-0.15, -0.1) is 0 Å². The van der Waals surface area contributed by atoms with Crippen molar-refractivity contribution in [3.8, 4) is 0 Å². The Kier molecular flexibility index (Phi) is 6.42. The molecule has 1 aromatic heterocycles. The first-order valence-corrected chi connectivity index (χ1v) is 8.12. The van der Waals surface area contributed by atoms with Gasteiger partial charge < -0.3 is 9.88 Å². The van der Waals surface area contributed by atoms with Crippen LogP contribution in [-0.4, -0.2) is 22.6 Å². The van der Waals surface area contributed by atoms with Crippen molar-refractivity contribution in [1.29, 1.82) is 0 Å². The SMILES string of the molecule is CCCCCCCCn1cncc1C1CCCNC1. The maximum Gasteiger partial charge on any atom is 0.0948 e. The van der Waals surface area contributed by atoms with E-state index in [1.54, 1.807) is 0 Å². The first-order valence-electron chi connectivity index (χ1n) is 8.12. The van der Waals surface area contributed by atoms with E-state index in [1.807, 2.05) is 6.33 Å². The Balaban J connectivity index is 1.73. The summed E-state index contributed by atoms with van der Waals surface area (Å²) < 4.78 is 2.39. The second-order valence-corrected chi connectivity index (χ2v) is 5.82. The van der Waals surface area contributed by atoms with E-state index >= 15 is 0 Å². The lowest BCUT2D eigenvalue weighted by Gasteiger charge is -2.23. The van der Waals surface area contributed by atoms with Gasteiger partial charge in [0, 0.05) is 30.9 Å². The number of aromatic nitrogens is 2. The lowest BCUT2D eigenvalue weighted by Crippen LogP contribution is -2.29. The summed E-state index contributed by atoms with van der Waals surface area (Å²) in [6.07, 6.45) is 14.9.